The SMILES string of the molecule is CCCC(C)NC(=O)CN(c1ccc(C(=O)N(C)C)cc1)S(C)(=O)=O. The summed E-state index contributed by atoms with van der Waals surface area (Å²) in [6, 6.07) is 6.14. The zero-order valence-corrected chi connectivity index (χ0v) is 16.3. The van der Waals surface area contributed by atoms with E-state index in [1.807, 2.05) is 13.8 Å². The van der Waals surface area contributed by atoms with Crippen LogP contribution < -0.4 is 9.62 Å². The van der Waals surface area contributed by atoms with Crippen molar-refractivity contribution in [3.05, 3.63) is 29.8 Å². The summed E-state index contributed by atoms with van der Waals surface area (Å²) in [5, 5.41) is 2.79. The molecule has 1 atom stereocenters. The summed E-state index contributed by atoms with van der Waals surface area (Å²) in [5.41, 5.74) is 0.791. The summed E-state index contributed by atoms with van der Waals surface area (Å²) >= 11 is 0. The van der Waals surface area contributed by atoms with Crippen LogP contribution in [-0.4, -0.2) is 58.1 Å². The Morgan fingerprint density at radius 2 is 1.72 bits per heavy atom. The van der Waals surface area contributed by atoms with Crippen LogP contribution in [0.15, 0.2) is 24.3 Å². The van der Waals surface area contributed by atoms with Crippen LogP contribution in [0.2, 0.25) is 0 Å². The van der Waals surface area contributed by atoms with Gasteiger partial charge < -0.3 is 10.2 Å². The molecule has 0 aliphatic rings. The molecule has 1 aromatic rings. The molecule has 25 heavy (non-hydrogen) atoms. The van der Waals surface area contributed by atoms with Gasteiger partial charge >= 0.3 is 0 Å². The molecule has 1 aromatic carbocycles. The Morgan fingerprint density at radius 1 is 1.16 bits per heavy atom. The number of hydrogen-bond donors (Lipinski definition) is 1. The fraction of sp³-hybridized carbons (Fsp3) is 0.529. The number of anilines is 1. The lowest BCUT2D eigenvalue weighted by molar-refractivity contribution is -0.120. The fourth-order valence-corrected chi connectivity index (χ4v) is 3.24. The van der Waals surface area contributed by atoms with Crippen molar-refractivity contribution in [2.75, 3.05) is 31.2 Å². The van der Waals surface area contributed by atoms with Crippen molar-refractivity contribution in [2.45, 2.75) is 32.7 Å². The van der Waals surface area contributed by atoms with E-state index in [9.17, 15) is 18.0 Å². The number of rotatable bonds is 8. The first-order chi connectivity index (χ1) is 11.6. The first-order valence-electron chi connectivity index (χ1n) is 8.15. The Hall–Kier alpha value is -2.09. The second-order valence-electron chi connectivity index (χ2n) is 6.27. The maximum absolute atomic E-state index is 12.1. The summed E-state index contributed by atoms with van der Waals surface area (Å²) in [5.74, 6) is -0.539. The smallest absolute Gasteiger partial charge is 0.253 e. The summed E-state index contributed by atoms with van der Waals surface area (Å²) in [6.45, 7) is 3.60. The fourth-order valence-electron chi connectivity index (χ4n) is 2.38. The van der Waals surface area contributed by atoms with Gasteiger partial charge in [0.05, 0.1) is 11.9 Å². The predicted octanol–water partition coefficient (Wildman–Crippen LogP) is 1.46. The molecule has 7 nitrogen and oxygen atoms in total. The maximum Gasteiger partial charge on any atom is 0.253 e. The summed E-state index contributed by atoms with van der Waals surface area (Å²) in [6.07, 6.45) is 2.80. The van der Waals surface area contributed by atoms with E-state index in [0.717, 1.165) is 23.4 Å². The summed E-state index contributed by atoms with van der Waals surface area (Å²) in [7, 11) is -0.354. The minimum absolute atomic E-state index is 0.0148. The molecule has 0 saturated carbocycles. The standard InChI is InChI=1S/C17H27N3O4S/c1-6-7-13(2)18-16(21)12-20(25(5,23)24)15-10-8-14(9-11-15)17(22)19(3)4/h8-11,13H,6-7,12H2,1-5H3,(H,18,21). The Labute approximate surface area is 150 Å². The molecule has 1 rings (SSSR count). The van der Waals surface area contributed by atoms with E-state index in [0.29, 0.717) is 11.3 Å². The Morgan fingerprint density at radius 3 is 2.16 bits per heavy atom. The van der Waals surface area contributed by atoms with E-state index in [1.165, 1.54) is 17.0 Å². The van der Waals surface area contributed by atoms with Gasteiger partial charge in [0.25, 0.3) is 5.91 Å². The van der Waals surface area contributed by atoms with E-state index in [4.69, 9.17) is 0 Å². The second kappa shape index (κ2) is 8.84. The van der Waals surface area contributed by atoms with Gasteiger partial charge in [-0.2, -0.15) is 0 Å². The normalized spacial score (nSPS) is 12.4. The highest BCUT2D eigenvalue weighted by molar-refractivity contribution is 7.92. The zero-order chi connectivity index (χ0) is 19.2. The average molecular weight is 369 g/mol. The van der Waals surface area contributed by atoms with E-state index in [-0.39, 0.29) is 24.4 Å². The molecule has 0 aromatic heterocycles. The van der Waals surface area contributed by atoms with Crippen molar-refractivity contribution in [1.82, 2.24) is 10.2 Å². The van der Waals surface area contributed by atoms with Crippen molar-refractivity contribution in [3.63, 3.8) is 0 Å². The number of sulfonamides is 1. The largest absolute Gasteiger partial charge is 0.352 e. The molecule has 0 fully saturated rings. The Kier molecular flexibility index (Phi) is 7.41. The van der Waals surface area contributed by atoms with E-state index in [2.05, 4.69) is 5.32 Å². The van der Waals surface area contributed by atoms with Gasteiger partial charge in [0.15, 0.2) is 0 Å². The van der Waals surface area contributed by atoms with Gasteiger partial charge in [-0.25, -0.2) is 8.42 Å². The number of carbonyl (C=O) groups excluding carboxylic acids is 2. The third-order valence-electron chi connectivity index (χ3n) is 3.63. The van der Waals surface area contributed by atoms with Crippen LogP contribution in [0.4, 0.5) is 5.69 Å². The number of carbonyl (C=O) groups is 2. The zero-order valence-electron chi connectivity index (χ0n) is 15.4. The molecule has 0 spiro atoms. The lowest BCUT2D eigenvalue weighted by atomic mass is 10.2. The van der Waals surface area contributed by atoms with Crippen molar-refractivity contribution in [1.29, 1.82) is 0 Å². The molecule has 0 radical (unpaired) electrons. The Balaban J connectivity index is 2.97. The first-order valence-corrected chi connectivity index (χ1v) is 9.99. The first kappa shape index (κ1) is 21.0. The van der Waals surface area contributed by atoms with Crippen LogP contribution in [-0.2, 0) is 14.8 Å². The van der Waals surface area contributed by atoms with Gasteiger partial charge in [-0.15, -0.1) is 0 Å². The highest BCUT2D eigenvalue weighted by Gasteiger charge is 2.22. The van der Waals surface area contributed by atoms with Crippen LogP contribution in [0, 0.1) is 0 Å². The molecule has 0 aliphatic heterocycles. The van der Waals surface area contributed by atoms with Gasteiger partial charge in [0.2, 0.25) is 15.9 Å². The predicted molar refractivity (Wildman–Crippen MR) is 99.2 cm³/mol. The van der Waals surface area contributed by atoms with Crippen molar-refractivity contribution in [2.24, 2.45) is 0 Å². The van der Waals surface area contributed by atoms with Crippen LogP contribution in [0.1, 0.15) is 37.0 Å². The van der Waals surface area contributed by atoms with Crippen LogP contribution >= 0.6 is 0 Å². The molecule has 2 amide bonds. The molecule has 1 N–H and O–H groups in total. The Bertz CT molecular complexity index is 699. The van der Waals surface area contributed by atoms with Crippen molar-refractivity contribution in [3.8, 4) is 0 Å². The van der Waals surface area contributed by atoms with E-state index >= 15 is 0 Å². The molecule has 0 bridgehead atoms. The number of nitrogens with zero attached hydrogens (tertiary/aromatic N) is 2. The lowest BCUT2D eigenvalue weighted by Crippen LogP contribution is -2.43. The highest BCUT2D eigenvalue weighted by Crippen LogP contribution is 2.18. The molecule has 1 unspecified atom stereocenters. The monoisotopic (exact) mass is 369 g/mol. The second-order valence-corrected chi connectivity index (χ2v) is 8.18. The van der Waals surface area contributed by atoms with Crippen LogP contribution in [0.3, 0.4) is 0 Å². The van der Waals surface area contributed by atoms with Crippen LogP contribution in [0.25, 0.3) is 0 Å². The number of hydrogen-bond acceptors (Lipinski definition) is 4. The molecule has 0 aliphatic carbocycles. The minimum atomic E-state index is -3.63. The minimum Gasteiger partial charge on any atom is -0.352 e. The van der Waals surface area contributed by atoms with E-state index in [1.54, 1.807) is 26.2 Å². The topological polar surface area (TPSA) is 86.8 Å². The van der Waals surface area contributed by atoms with E-state index < -0.39 is 10.0 Å². The lowest BCUT2D eigenvalue weighted by Gasteiger charge is -2.23. The van der Waals surface area contributed by atoms with Crippen molar-refractivity contribution >= 4 is 27.5 Å². The van der Waals surface area contributed by atoms with Gasteiger partial charge in [-0.1, -0.05) is 13.3 Å². The molecular weight excluding hydrogens is 342 g/mol. The summed E-state index contributed by atoms with van der Waals surface area (Å²) < 4.78 is 25.2. The van der Waals surface area contributed by atoms with Crippen LogP contribution in [0.5, 0.6) is 0 Å². The third-order valence-corrected chi connectivity index (χ3v) is 4.77. The number of nitrogens with one attached hydrogen (secondary N) is 1. The highest BCUT2D eigenvalue weighted by atomic mass is 32.2. The molecule has 0 heterocycles. The summed E-state index contributed by atoms with van der Waals surface area (Å²) in [4.78, 5) is 25.5. The third kappa shape index (κ3) is 6.38. The van der Waals surface area contributed by atoms with Gasteiger partial charge in [-0.3, -0.25) is 13.9 Å². The van der Waals surface area contributed by atoms with Gasteiger partial charge in [-0.05, 0) is 37.6 Å². The average Bonchev–Trinajstić information content (AvgIpc) is 2.51. The quantitative estimate of drug-likeness (QED) is 0.751. The molecule has 140 valence electrons. The number of benzene rings is 1. The van der Waals surface area contributed by atoms with Gasteiger partial charge in [0, 0.05) is 25.7 Å². The molecular formula is C17H27N3O4S. The molecule has 0 saturated heterocycles. The maximum atomic E-state index is 12.1. The molecule has 8 heteroatoms. The van der Waals surface area contributed by atoms with Crippen molar-refractivity contribution < 1.29 is 18.0 Å². The van der Waals surface area contributed by atoms with Gasteiger partial charge in [0.1, 0.15) is 6.54 Å². The number of amides is 2.